The molecule has 1 saturated heterocycles. The van der Waals surface area contributed by atoms with Crippen molar-refractivity contribution in [2.45, 2.75) is 29.5 Å². The molecule has 1 aliphatic rings. The van der Waals surface area contributed by atoms with Crippen molar-refractivity contribution in [1.82, 2.24) is 10.6 Å². The molecule has 0 unspecified atom stereocenters. The first-order chi connectivity index (χ1) is 10.8. The van der Waals surface area contributed by atoms with Gasteiger partial charge in [-0.1, -0.05) is 0 Å². The van der Waals surface area contributed by atoms with Gasteiger partial charge >= 0.3 is 11.8 Å². The summed E-state index contributed by atoms with van der Waals surface area (Å²) in [4.78, 5) is 22.7. The lowest BCUT2D eigenvalue weighted by Gasteiger charge is -2.22. The number of nitrogens with one attached hydrogen (secondary N) is 3. The van der Waals surface area contributed by atoms with E-state index in [1.807, 2.05) is 0 Å². The van der Waals surface area contributed by atoms with Gasteiger partial charge in [0.1, 0.15) is 6.04 Å². The Balaban J connectivity index is 1.98. The van der Waals surface area contributed by atoms with Crippen LogP contribution in [0.2, 0.25) is 0 Å². The van der Waals surface area contributed by atoms with Crippen molar-refractivity contribution in [3.63, 3.8) is 0 Å². The van der Waals surface area contributed by atoms with Crippen molar-refractivity contribution in [1.29, 1.82) is 0 Å². The van der Waals surface area contributed by atoms with Gasteiger partial charge in [0.25, 0.3) is 0 Å². The zero-order chi connectivity index (χ0) is 17.0. The maximum Gasteiger partial charge on any atom is 0.341 e. The number of hydrogen-bond acceptors (Lipinski definition) is 4. The monoisotopic (exact) mass is 347 g/mol. The molecule has 3 amide bonds. The lowest BCUT2D eigenvalue weighted by atomic mass is 10.1. The Labute approximate surface area is 131 Å². The molecule has 1 aliphatic heterocycles. The van der Waals surface area contributed by atoms with Gasteiger partial charge in [0.05, 0.1) is 4.90 Å². The van der Waals surface area contributed by atoms with Crippen molar-refractivity contribution in [2.75, 3.05) is 11.9 Å². The number of rotatable bonds is 4. The smallest absolute Gasteiger partial charge is 0.341 e. The van der Waals surface area contributed by atoms with Gasteiger partial charge in [0.15, 0.2) is 0 Å². The number of anilines is 1. The third-order valence-electron chi connectivity index (χ3n) is 3.27. The predicted molar refractivity (Wildman–Crippen MR) is 77.8 cm³/mol. The molecule has 1 atom stereocenters. The summed E-state index contributed by atoms with van der Waals surface area (Å²) in [6.45, 7) is 0.568. The molecule has 1 fully saturated rings. The van der Waals surface area contributed by atoms with Crippen LogP contribution in [0.25, 0.3) is 0 Å². The summed E-state index contributed by atoms with van der Waals surface area (Å²) in [5.41, 5.74) is 0.215. The minimum atomic E-state index is -4.67. The third kappa shape index (κ3) is 4.15. The summed E-state index contributed by atoms with van der Waals surface area (Å²) in [6.07, 6.45) is 1.27. The SMILES string of the molecule is O=C(Nc1ccc(S(=O)(=O)C(F)F)cc1)N[C@H]1CCCNC1=O. The molecule has 10 heteroatoms. The second-order valence-corrected chi connectivity index (χ2v) is 6.83. The Morgan fingerprint density at radius 1 is 1.26 bits per heavy atom. The predicted octanol–water partition coefficient (Wildman–Crippen LogP) is 1.08. The van der Waals surface area contributed by atoms with Gasteiger partial charge in [-0.2, -0.15) is 8.78 Å². The molecular weight excluding hydrogens is 332 g/mol. The molecule has 0 spiro atoms. The fraction of sp³-hybridized carbons (Fsp3) is 0.385. The van der Waals surface area contributed by atoms with Gasteiger partial charge in [-0.15, -0.1) is 0 Å². The van der Waals surface area contributed by atoms with Crippen LogP contribution in [0, 0.1) is 0 Å². The second kappa shape index (κ2) is 6.90. The van der Waals surface area contributed by atoms with Crippen LogP contribution in [0.4, 0.5) is 19.3 Å². The van der Waals surface area contributed by atoms with Crippen molar-refractivity contribution in [2.24, 2.45) is 0 Å². The van der Waals surface area contributed by atoms with Crippen molar-refractivity contribution in [3.8, 4) is 0 Å². The molecule has 0 aromatic heterocycles. The summed E-state index contributed by atoms with van der Waals surface area (Å²) >= 11 is 0. The van der Waals surface area contributed by atoms with Crippen LogP contribution < -0.4 is 16.0 Å². The van der Waals surface area contributed by atoms with Crippen LogP contribution in [0.15, 0.2) is 29.2 Å². The zero-order valence-corrected chi connectivity index (χ0v) is 12.7. The van der Waals surface area contributed by atoms with Crippen molar-refractivity contribution < 1.29 is 26.8 Å². The van der Waals surface area contributed by atoms with E-state index in [9.17, 15) is 26.8 Å². The molecule has 2 rings (SSSR count). The molecule has 1 aromatic rings. The van der Waals surface area contributed by atoms with Crippen molar-refractivity contribution in [3.05, 3.63) is 24.3 Å². The van der Waals surface area contributed by atoms with Crippen molar-refractivity contribution >= 4 is 27.5 Å². The topological polar surface area (TPSA) is 104 Å². The summed E-state index contributed by atoms with van der Waals surface area (Å²) in [5.74, 6) is -3.78. The van der Waals surface area contributed by atoms with Crippen LogP contribution in [-0.4, -0.2) is 38.7 Å². The third-order valence-corrected chi connectivity index (χ3v) is 4.66. The van der Waals surface area contributed by atoms with Crippen LogP contribution in [0.5, 0.6) is 0 Å². The molecule has 0 saturated carbocycles. The van der Waals surface area contributed by atoms with E-state index in [1.54, 1.807) is 0 Å². The van der Waals surface area contributed by atoms with E-state index in [2.05, 4.69) is 16.0 Å². The summed E-state index contributed by atoms with van der Waals surface area (Å²) in [5, 5.41) is 7.50. The van der Waals surface area contributed by atoms with E-state index < -0.39 is 32.6 Å². The number of hydrogen-bond donors (Lipinski definition) is 3. The number of urea groups is 1. The number of sulfone groups is 1. The molecule has 0 aliphatic carbocycles. The first-order valence-electron chi connectivity index (χ1n) is 6.78. The quantitative estimate of drug-likeness (QED) is 0.758. The van der Waals surface area contributed by atoms with Crippen LogP contribution >= 0.6 is 0 Å². The first kappa shape index (κ1) is 17.1. The number of piperidine rings is 1. The molecule has 126 valence electrons. The normalized spacial score (nSPS) is 18.4. The molecule has 7 nitrogen and oxygen atoms in total. The van der Waals surface area contributed by atoms with E-state index in [0.29, 0.717) is 13.0 Å². The van der Waals surface area contributed by atoms with Gasteiger partial charge in [0, 0.05) is 12.2 Å². The van der Waals surface area contributed by atoms with E-state index in [4.69, 9.17) is 0 Å². The molecule has 0 radical (unpaired) electrons. The van der Waals surface area contributed by atoms with Gasteiger partial charge in [-0.25, -0.2) is 13.2 Å². The minimum absolute atomic E-state index is 0.215. The van der Waals surface area contributed by atoms with Gasteiger partial charge in [-0.05, 0) is 37.1 Å². The summed E-state index contributed by atoms with van der Waals surface area (Å²) in [7, 11) is -4.67. The van der Waals surface area contributed by atoms with Gasteiger partial charge in [0.2, 0.25) is 15.7 Å². The molecule has 0 bridgehead atoms. The molecule has 1 heterocycles. The standard InChI is InChI=1S/C13H15F2N3O4S/c14-12(15)23(21,22)9-5-3-8(4-6-9)17-13(20)18-10-2-1-7-16-11(10)19/h3-6,10,12H,1-2,7H2,(H,16,19)(H2,17,18,20)/t10-/m0/s1. The lowest BCUT2D eigenvalue weighted by molar-refractivity contribution is -0.124. The van der Waals surface area contributed by atoms with E-state index in [0.717, 1.165) is 18.6 Å². The summed E-state index contributed by atoms with van der Waals surface area (Å²) in [6, 6.07) is 3.05. The Bertz CT molecular complexity index is 692. The minimum Gasteiger partial charge on any atom is -0.354 e. The highest BCUT2D eigenvalue weighted by molar-refractivity contribution is 7.91. The fourth-order valence-corrected chi connectivity index (χ4v) is 2.79. The van der Waals surface area contributed by atoms with E-state index in [-0.39, 0.29) is 11.6 Å². The Hall–Kier alpha value is -2.23. The number of halogens is 2. The molecular formula is C13H15F2N3O4S. The van der Waals surface area contributed by atoms with Gasteiger partial charge < -0.3 is 16.0 Å². The number of amides is 3. The number of carbonyl (C=O) groups excluding carboxylic acids is 2. The largest absolute Gasteiger partial charge is 0.354 e. The van der Waals surface area contributed by atoms with Crippen LogP contribution in [-0.2, 0) is 14.6 Å². The highest BCUT2D eigenvalue weighted by atomic mass is 32.2. The van der Waals surface area contributed by atoms with E-state index in [1.165, 1.54) is 12.1 Å². The van der Waals surface area contributed by atoms with Crippen LogP contribution in [0.1, 0.15) is 12.8 Å². The van der Waals surface area contributed by atoms with Gasteiger partial charge in [-0.3, -0.25) is 4.79 Å². The Kier molecular flexibility index (Phi) is 5.14. The Morgan fingerprint density at radius 2 is 1.91 bits per heavy atom. The summed E-state index contributed by atoms with van der Waals surface area (Å²) < 4.78 is 47.3. The second-order valence-electron chi connectivity index (χ2n) is 4.91. The van der Waals surface area contributed by atoms with E-state index >= 15 is 0 Å². The molecule has 23 heavy (non-hydrogen) atoms. The number of carbonyl (C=O) groups is 2. The maximum absolute atomic E-state index is 12.4. The molecule has 1 aromatic carbocycles. The highest BCUT2D eigenvalue weighted by Gasteiger charge is 2.26. The first-order valence-corrected chi connectivity index (χ1v) is 8.32. The number of alkyl halides is 2. The lowest BCUT2D eigenvalue weighted by Crippen LogP contribution is -2.51. The maximum atomic E-state index is 12.4. The van der Waals surface area contributed by atoms with Crippen LogP contribution in [0.3, 0.4) is 0 Å². The fourth-order valence-electron chi connectivity index (χ4n) is 2.07. The highest BCUT2D eigenvalue weighted by Crippen LogP contribution is 2.20. The Morgan fingerprint density at radius 3 is 2.48 bits per heavy atom. The number of benzene rings is 1. The average molecular weight is 347 g/mol. The zero-order valence-electron chi connectivity index (χ0n) is 11.9. The average Bonchev–Trinajstić information content (AvgIpc) is 2.50. The molecule has 3 N–H and O–H groups in total.